The van der Waals surface area contributed by atoms with Gasteiger partial charge in [0.15, 0.2) is 0 Å². The first-order valence-electron chi connectivity index (χ1n) is 6.70. The molecule has 2 N–H and O–H groups in total. The minimum atomic E-state index is 0.278. The van der Waals surface area contributed by atoms with Gasteiger partial charge >= 0.3 is 0 Å². The van der Waals surface area contributed by atoms with Crippen LogP contribution in [-0.4, -0.2) is 16.7 Å². The molecular weight excluding hydrogens is 274 g/mol. The monoisotopic (exact) mass is 293 g/mol. The van der Waals surface area contributed by atoms with Crippen molar-refractivity contribution in [1.29, 1.82) is 0 Å². The number of aromatic nitrogens is 2. The lowest BCUT2D eigenvalue weighted by atomic mass is 10.1. The van der Waals surface area contributed by atoms with E-state index < -0.39 is 0 Å². The third kappa shape index (κ3) is 2.48. The Morgan fingerprint density at radius 2 is 2.10 bits per heavy atom. The number of methoxy groups -OCH3 is 1. The third-order valence-electron chi connectivity index (χ3n) is 3.28. The first-order chi connectivity index (χ1) is 9.49. The van der Waals surface area contributed by atoms with Gasteiger partial charge in [-0.2, -0.15) is 0 Å². The molecule has 2 rings (SSSR count). The fraction of sp³-hybridized carbons (Fsp3) is 0.400. The van der Waals surface area contributed by atoms with E-state index in [-0.39, 0.29) is 6.04 Å². The highest BCUT2D eigenvalue weighted by Crippen LogP contribution is 2.34. The van der Waals surface area contributed by atoms with Crippen LogP contribution in [-0.2, 0) is 6.42 Å². The predicted molar refractivity (Wildman–Crippen MR) is 83.4 cm³/mol. The van der Waals surface area contributed by atoms with E-state index in [0.717, 1.165) is 23.5 Å². The number of nitrogen functional groups attached to an aromatic ring is 1. The van der Waals surface area contributed by atoms with E-state index in [4.69, 9.17) is 22.1 Å². The molecular formula is C15H20ClN3O. The summed E-state index contributed by atoms with van der Waals surface area (Å²) in [4.78, 5) is 4.65. The molecule has 20 heavy (non-hydrogen) atoms. The van der Waals surface area contributed by atoms with Crippen molar-refractivity contribution in [2.24, 2.45) is 0 Å². The lowest BCUT2D eigenvalue weighted by Gasteiger charge is -2.12. The summed E-state index contributed by atoms with van der Waals surface area (Å²) in [6, 6.07) is 5.87. The number of nitrogens with zero attached hydrogens (tertiary/aromatic N) is 2. The minimum Gasteiger partial charge on any atom is -0.495 e. The first-order valence-corrected chi connectivity index (χ1v) is 7.07. The van der Waals surface area contributed by atoms with Gasteiger partial charge < -0.3 is 15.0 Å². The minimum absolute atomic E-state index is 0.278. The second-order valence-corrected chi connectivity index (χ2v) is 5.34. The average molecular weight is 294 g/mol. The Morgan fingerprint density at radius 1 is 1.40 bits per heavy atom. The van der Waals surface area contributed by atoms with Crippen molar-refractivity contribution in [2.45, 2.75) is 33.2 Å². The topological polar surface area (TPSA) is 53.1 Å². The maximum absolute atomic E-state index is 6.26. The second-order valence-electron chi connectivity index (χ2n) is 4.93. The van der Waals surface area contributed by atoms with Gasteiger partial charge in [0.05, 0.1) is 12.1 Å². The van der Waals surface area contributed by atoms with Crippen LogP contribution in [0.4, 0.5) is 5.82 Å². The summed E-state index contributed by atoms with van der Waals surface area (Å²) in [5.74, 6) is 2.31. The van der Waals surface area contributed by atoms with Gasteiger partial charge in [-0.05, 0) is 32.0 Å². The Kier molecular flexibility index (Phi) is 4.23. The molecule has 0 radical (unpaired) electrons. The molecule has 108 valence electrons. The first kappa shape index (κ1) is 14.7. The zero-order valence-corrected chi connectivity index (χ0v) is 13.0. The molecule has 0 bridgehead atoms. The second kappa shape index (κ2) is 5.75. The average Bonchev–Trinajstić information content (AvgIpc) is 2.75. The lowest BCUT2D eigenvalue weighted by Crippen LogP contribution is -2.08. The molecule has 0 aliphatic heterocycles. The molecule has 1 heterocycles. The number of halogens is 1. The van der Waals surface area contributed by atoms with E-state index in [1.807, 2.05) is 18.2 Å². The SMILES string of the molecule is CCc1nc(-c2ccc(OC)c(Cl)c2)c(N)n1C(C)C. The van der Waals surface area contributed by atoms with E-state index in [1.54, 1.807) is 7.11 Å². The van der Waals surface area contributed by atoms with Crippen LogP contribution in [0.3, 0.4) is 0 Å². The summed E-state index contributed by atoms with van der Waals surface area (Å²) in [7, 11) is 1.60. The molecule has 2 aromatic rings. The Hall–Kier alpha value is -1.68. The van der Waals surface area contributed by atoms with E-state index in [9.17, 15) is 0 Å². The van der Waals surface area contributed by atoms with Crippen molar-refractivity contribution in [2.75, 3.05) is 12.8 Å². The molecule has 0 fully saturated rings. The number of nitrogens with two attached hydrogens (primary N) is 1. The summed E-state index contributed by atoms with van der Waals surface area (Å²) < 4.78 is 7.23. The molecule has 0 spiro atoms. The van der Waals surface area contributed by atoms with Gasteiger partial charge in [0.2, 0.25) is 0 Å². The van der Waals surface area contributed by atoms with Gasteiger partial charge in [-0.25, -0.2) is 4.98 Å². The number of ether oxygens (including phenoxy) is 1. The number of rotatable bonds is 4. The number of aryl methyl sites for hydroxylation is 1. The Morgan fingerprint density at radius 3 is 2.55 bits per heavy atom. The molecule has 0 aliphatic carbocycles. The fourth-order valence-corrected chi connectivity index (χ4v) is 2.60. The quantitative estimate of drug-likeness (QED) is 0.929. The molecule has 4 nitrogen and oxygen atoms in total. The molecule has 0 atom stereocenters. The molecule has 0 unspecified atom stereocenters. The van der Waals surface area contributed by atoms with Gasteiger partial charge in [0.25, 0.3) is 0 Å². The van der Waals surface area contributed by atoms with Crippen LogP contribution in [0.1, 0.15) is 32.6 Å². The smallest absolute Gasteiger partial charge is 0.137 e. The van der Waals surface area contributed by atoms with E-state index in [0.29, 0.717) is 16.6 Å². The van der Waals surface area contributed by atoms with Gasteiger partial charge in [0, 0.05) is 18.0 Å². The molecule has 1 aromatic heterocycles. The Balaban J connectivity index is 2.56. The van der Waals surface area contributed by atoms with Crippen molar-refractivity contribution in [1.82, 2.24) is 9.55 Å². The molecule has 0 saturated carbocycles. The zero-order valence-electron chi connectivity index (χ0n) is 12.3. The third-order valence-corrected chi connectivity index (χ3v) is 3.57. The van der Waals surface area contributed by atoms with Crippen LogP contribution in [0.25, 0.3) is 11.3 Å². The summed E-state index contributed by atoms with van der Waals surface area (Å²) in [5.41, 5.74) is 7.94. The predicted octanol–water partition coefficient (Wildman–Crippen LogP) is 3.94. The molecule has 1 aromatic carbocycles. The van der Waals surface area contributed by atoms with Crippen molar-refractivity contribution < 1.29 is 4.74 Å². The summed E-state index contributed by atoms with van der Waals surface area (Å²) in [6.07, 6.45) is 0.840. The number of benzene rings is 1. The molecule has 0 saturated heterocycles. The van der Waals surface area contributed by atoms with E-state index in [2.05, 4.69) is 30.3 Å². The normalized spacial score (nSPS) is 11.1. The van der Waals surface area contributed by atoms with Gasteiger partial charge in [-0.1, -0.05) is 18.5 Å². The maximum atomic E-state index is 6.26. The summed E-state index contributed by atoms with van der Waals surface area (Å²) >= 11 is 6.17. The van der Waals surface area contributed by atoms with Crippen LogP contribution in [0.2, 0.25) is 5.02 Å². The fourth-order valence-electron chi connectivity index (χ4n) is 2.35. The van der Waals surface area contributed by atoms with Gasteiger partial charge in [-0.15, -0.1) is 0 Å². The highest BCUT2D eigenvalue weighted by molar-refractivity contribution is 6.32. The van der Waals surface area contributed by atoms with Crippen LogP contribution in [0, 0.1) is 0 Å². The van der Waals surface area contributed by atoms with Crippen molar-refractivity contribution in [3.8, 4) is 17.0 Å². The number of imidazole rings is 1. The largest absolute Gasteiger partial charge is 0.495 e. The number of anilines is 1. The van der Waals surface area contributed by atoms with Crippen LogP contribution < -0.4 is 10.5 Å². The summed E-state index contributed by atoms with van der Waals surface area (Å²) in [6.45, 7) is 6.27. The van der Waals surface area contributed by atoms with E-state index >= 15 is 0 Å². The summed E-state index contributed by atoms with van der Waals surface area (Å²) in [5, 5.41) is 0.557. The maximum Gasteiger partial charge on any atom is 0.137 e. The standard InChI is InChI=1S/C15H20ClN3O/c1-5-13-18-14(15(17)19(13)9(2)3)10-6-7-12(20-4)11(16)8-10/h6-9H,5,17H2,1-4H3. The molecule has 0 aliphatic rings. The Bertz CT molecular complexity index is 620. The van der Waals surface area contributed by atoms with Crippen molar-refractivity contribution in [3.63, 3.8) is 0 Å². The highest BCUT2D eigenvalue weighted by Gasteiger charge is 2.17. The van der Waals surface area contributed by atoms with E-state index in [1.165, 1.54) is 0 Å². The zero-order chi connectivity index (χ0) is 14.9. The van der Waals surface area contributed by atoms with Crippen LogP contribution in [0.5, 0.6) is 5.75 Å². The number of hydrogen-bond donors (Lipinski definition) is 1. The Labute approximate surface area is 124 Å². The molecule has 0 amide bonds. The van der Waals surface area contributed by atoms with Gasteiger partial charge in [0.1, 0.15) is 23.1 Å². The highest BCUT2D eigenvalue weighted by atomic mass is 35.5. The van der Waals surface area contributed by atoms with Gasteiger partial charge in [-0.3, -0.25) is 0 Å². The van der Waals surface area contributed by atoms with Crippen LogP contribution in [0.15, 0.2) is 18.2 Å². The lowest BCUT2D eigenvalue weighted by molar-refractivity contribution is 0.415. The van der Waals surface area contributed by atoms with Crippen LogP contribution >= 0.6 is 11.6 Å². The molecule has 5 heteroatoms. The van der Waals surface area contributed by atoms with Crippen molar-refractivity contribution >= 4 is 17.4 Å². The van der Waals surface area contributed by atoms with Crippen molar-refractivity contribution in [3.05, 3.63) is 29.0 Å². The number of hydrogen-bond acceptors (Lipinski definition) is 3.